The second kappa shape index (κ2) is 8.82. The quantitative estimate of drug-likeness (QED) is 0.581. The van der Waals surface area contributed by atoms with Crippen LogP contribution in [-0.4, -0.2) is 47.3 Å². The van der Waals surface area contributed by atoms with Crippen LogP contribution >= 0.6 is 11.6 Å². The van der Waals surface area contributed by atoms with E-state index in [1.807, 2.05) is 42.2 Å². The van der Waals surface area contributed by atoms with Crippen molar-refractivity contribution in [2.75, 3.05) is 36.4 Å². The van der Waals surface area contributed by atoms with E-state index in [0.717, 1.165) is 54.3 Å². The van der Waals surface area contributed by atoms with Crippen molar-refractivity contribution in [1.29, 1.82) is 0 Å². The molecular formula is C24H26ClN5O2. The number of nitrogens with one attached hydrogen (secondary N) is 1. The fraction of sp³-hybridized carbons (Fsp3) is 0.375. The van der Waals surface area contributed by atoms with Gasteiger partial charge in [0.05, 0.1) is 0 Å². The zero-order valence-corrected chi connectivity index (χ0v) is 18.8. The van der Waals surface area contributed by atoms with Gasteiger partial charge >= 0.3 is 6.03 Å². The molecule has 1 aliphatic carbocycles. The van der Waals surface area contributed by atoms with Gasteiger partial charge in [0.15, 0.2) is 0 Å². The summed E-state index contributed by atoms with van der Waals surface area (Å²) < 4.78 is 5.44. The lowest BCUT2D eigenvalue weighted by Crippen LogP contribution is -2.50. The highest BCUT2D eigenvalue weighted by Crippen LogP contribution is 2.36. The largest absolute Gasteiger partial charge is 0.368 e. The molecule has 5 rings (SSSR count). The first kappa shape index (κ1) is 20.8. The molecule has 0 bridgehead atoms. The Morgan fingerprint density at radius 1 is 1.09 bits per heavy atom. The van der Waals surface area contributed by atoms with Crippen molar-refractivity contribution in [3.05, 3.63) is 58.9 Å². The normalized spacial score (nSPS) is 16.7. The summed E-state index contributed by atoms with van der Waals surface area (Å²) in [5, 5.41) is 7.78. The molecule has 2 heterocycles. The Balaban J connectivity index is 1.17. The van der Waals surface area contributed by atoms with Crippen molar-refractivity contribution in [3.8, 4) is 11.4 Å². The number of nitrogens with zero attached hydrogens (tertiary/aromatic N) is 4. The van der Waals surface area contributed by atoms with Crippen LogP contribution < -0.4 is 10.2 Å². The number of piperazine rings is 1. The molecule has 32 heavy (non-hydrogen) atoms. The van der Waals surface area contributed by atoms with E-state index >= 15 is 0 Å². The van der Waals surface area contributed by atoms with Gasteiger partial charge in [-0.2, -0.15) is 4.98 Å². The highest BCUT2D eigenvalue weighted by atomic mass is 35.5. The molecule has 166 valence electrons. The highest BCUT2D eigenvalue weighted by Gasteiger charge is 2.26. The van der Waals surface area contributed by atoms with Crippen molar-refractivity contribution in [2.45, 2.75) is 32.1 Å². The first-order valence-corrected chi connectivity index (χ1v) is 11.5. The zero-order valence-electron chi connectivity index (χ0n) is 18.1. The predicted octanol–water partition coefficient (Wildman–Crippen LogP) is 5.32. The summed E-state index contributed by atoms with van der Waals surface area (Å²) in [6.07, 6.45) is 3.53. The number of hydrogen-bond acceptors (Lipinski definition) is 5. The van der Waals surface area contributed by atoms with Crippen LogP contribution in [0.4, 0.5) is 16.2 Å². The van der Waals surface area contributed by atoms with Crippen molar-refractivity contribution < 1.29 is 9.32 Å². The standard InChI is InChI=1S/C24H26ClN5O2/c1-16-20(25)6-3-7-21(16)26-24(31)30-14-12-29(13-15-30)19-10-8-17(9-11-19)22-27-23(32-28-22)18-4-2-5-18/h3,6-11,18H,2,4-5,12-15H2,1H3,(H,26,31). The molecule has 3 aromatic rings. The minimum Gasteiger partial charge on any atom is -0.368 e. The number of urea groups is 1. The maximum atomic E-state index is 12.7. The number of amides is 2. The van der Waals surface area contributed by atoms with Gasteiger partial charge in [-0.15, -0.1) is 0 Å². The van der Waals surface area contributed by atoms with Crippen LogP contribution in [0.25, 0.3) is 11.4 Å². The Hall–Kier alpha value is -3.06. The smallest absolute Gasteiger partial charge is 0.321 e. The number of anilines is 2. The fourth-order valence-electron chi connectivity index (χ4n) is 4.10. The molecule has 2 amide bonds. The van der Waals surface area contributed by atoms with Crippen LogP contribution in [0.1, 0.15) is 36.6 Å². The van der Waals surface area contributed by atoms with Gasteiger partial charge < -0.3 is 19.6 Å². The lowest BCUT2D eigenvalue weighted by Gasteiger charge is -2.36. The minimum atomic E-state index is -0.0928. The number of hydrogen-bond donors (Lipinski definition) is 1. The van der Waals surface area contributed by atoms with Gasteiger partial charge in [-0.05, 0) is 61.7 Å². The van der Waals surface area contributed by atoms with Gasteiger partial charge in [0.2, 0.25) is 11.7 Å². The number of benzene rings is 2. The molecule has 1 saturated heterocycles. The Morgan fingerprint density at radius 3 is 2.53 bits per heavy atom. The van der Waals surface area contributed by atoms with Gasteiger partial charge in [-0.1, -0.05) is 29.2 Å². The van der Waals surface area contributed by atoms with E-state index in [0.29, 0.717) is 29.9 Å². The van der Waals surface area contributed by atoms with Crippen molar-refractivity contribution in [1.82, 2.24) is 15.0 Å². The van der Waals surface area contributed by atoms with E-state index in [-0.39, 0.29) is 6.03 Å². The summed E-state index contributed by atoms with van der Waals surface area (Å²) in [5.74, 6) is 1.85. The maximum Gasteiger partial charge on any atom is 0.321 e. The van der Waals surface area contributed by atoms with Gasteiger partial charge in [0, 0.05) is 54.1 Å². The molecule has 1 N–H and O–H groups in total. The molecule has 1 aromatic heterocycles. The topological polar surface area (TPSA) is 74.5 Å². The van der Waals surface area contributed by atoms with E-state index < -0.39 is 0 Å². The SMILES string of the molecule is Cc1c(Cl)cccc1NC(=O)N1CCN(c2ccc(-c3noc(C4CCC4)n3)cc2)CC1. The highest BCUT2D eigenvalue weighted by molar-refractivity contribution is 6.31. The molecule has 1 aliphatic heterocycles. The Labute approximate surface area is 192 Å². The number of carbonyl (C=O) groups excluding carboxylic acids is 1. The molecule has 1 saturated carbocycles. The maximum absolute atomic E-state index is 12.7. The number of rotatable bonds is 4. The second-order valence-corrected chi connectivity index (χ2v) is 8.85. The summed E-state index contributed by atoms with van der Waals surface area (Å²) in [5.41, 5.74) is 3.71. The molecular weight excluding hydrogens is 426 g/mol. The molecule has 2 aliphatic rings. The second-order valence-electron chi connectivity index (χ2n) is 8.45. The summed E-state index contributed by atoms with van der Waals surface area (Å²) in [7, 11) is 0. The fourth-order valence-corrected chi connectivity index (χ4v) is 4.27. The molecule has 0 radical (unpaired) electrons. The average Bonchev–Trinajstić information content (AvgIpc) is 3.25. The van der Waals surface area contributed by atoms with Gasteiger partial charge in [-0.25, -0.2) is 4.79 Å². The summed E-state index contributed by atoms with van der Waals surface area (Å²) in [6, 6.07) is 13.7. The first-order valence-electron chi connectivity index (χ1n) is 11.1. The molecule has 8 heteroatoms. The lowest BCUT2D eigenvalue weighted by molar-refractivity contribution is 0.208. The van der Waals surface area contributed by atoms with Crippen LogP contribution in [0.5, 0.6) is 0 Å². The van der Waals surface area contributed by atoms with E-state index in [2.05, 4.69) is 32.5 Å². The van der Waals surface area contributed by atoms with Crippen LogP contribution in [0, 0.1) is 6.92 Å². The lowest BCUT2D eigenvalue weighted by atomic mass is 9.85. The van der Waals surface area contributed by atoms with Gasteiger partial charge in [-0.3, -0.25) is 0 Å². The molecule has 2 fully saturated rings. The van der Waals surface area contributed by atoms with E-state index in [1.54, 1.807) is 0 Å². The number of aromatic nitrogens is 2. The first-order chi connectivity index (χ1) is 15.6. The van der Waals surface area contributed by atoms with Gasteiger partial charge in [0.1, 0.15) is 0 Å². The van der Waals surface area contributed by atoms with Crippen LogP contribution in [0.15, 0.2) is 47.0 Å². The zero-order chi connectivity index (χ0) is 22.1. The third kappa shape index (κ3) is 4.17. The Morgan fingerprint density at radius 2 is 1.84 bits per heavy atom. The monoisotopic (exact) mass is 451 g/mol. The molecule has 0 unspecified atom stereocenters. The van der Waals surface area contributed by atoms with Crippen molar-refractivity contribution in [2.24, 2.45) is 0 Å². The van der Waals surface area contributed by atoms with Crippen molar-refractivity contribution >= 4 is 29.0 Å². The molecule has 7 nitrogen and oxygen atoms in total. The summed E-state index contributed by atoms with van der Waals surface area (Å²) in [6.45, 7) is 4.76. The van der Waals surface area contributed by atoms with Crippen LogP contribution in [0.3, 0.4) is 0 Å². The van der Waals surface area contributed by atoms with Gasteiger partial charge in [0.25, 0.3) is 0 Å². The van der Waals surface area contributed by atoms with E-state index in [4.69, 9.17) is 16.1 Å². The minimum absolute atomic E-state index is 0.0928. The Kier molecular flexibility index (Phi) is 5.74. The van der Waals surface area contributed by atoms with Crippen LogP contribution in [0.2, 0.25) is 5.02 Å². The Bertz CT molecular complexity index is 1100. The predicted molar refractivity (Wildman–Crippen MR) is 125 cm³/mol. The summed E-state index contributed by atoms with van der Waals surface area (Å²) >= 11 is 6.16. The van der Waals surface area contributed by atoms with Crippen molar-refractivity contribution in [3.63, 3.8) is 0 Å². The van der Waals surface area contributed by atoms with Crippen LogP contribution in [-0.2, 0) is 0 Å². The third-order valence-corrected chi connectivity index (χ3v) is 6.87. The average molecular weight is 452 g/mol. The molecule has 0 spiro atoms. The number of carbonyl (C=O) groups is 1. The number of halogens is 1. The molecule has 0 atom stereocenters. The van der Waals surface area contributed by atoms with E-state index in [9.17, 15) is 4.79 Å². The van der Waals surface area contributed by atoms with E-state index in [1.165, 1.54) is 6.42 Å². The summed E-state index contributed by atoms with van der Waals surface area (Å²) in [4.78, 5) is 21.4. The molecule has 2 aromatic carbocycles. The third-order valence-electron chi connectivity index (χ3n) is 6.46.